The Bertz CT molecular complexity index is 822. The van der Waals surface area contributed by atoms with Crippen LogP contribution >= 0.6 is 0 Å². The fourth-order valence-corrected chi connectivity index (χ4v) is 2.39. The molecule has 0 saturated carbocycles. The number of benzene rings is 1. The summed E-state index contributed by atoms with van der Waals surface area (Å²) in [6.07, 6.45) is -10.0. The molecule has 0 saturated heterocycles. The normalized spacial score (nSPS) is 20.7. The average molecular weight is 392 g/mol. The van der Waals surface area contributed by atoms with E-state index in [2.05, 4.69) is 15.5 Å². The first kappa shape index (κ1) is 20.5. The Kier molecular flexibility index (Phi) is 5.40. The standard InChI is InChI=1S/C16H14F6N4O/c1-3-27-13(14(2)7-12(25-26-14)16(20,21)22)24-10-5-4-9(8-23)11(6-10)15(17,18)19/h4-6,26H,3,7H2,1-2H3/t14-/m0/s1. The number of aliphatic imine (C=N–C) groups is 1. The van der Waals surface area contributed by atoms with Gasteiger partial charge in [0.2, 0.25) is 5.90 Å². The van der Waals surface area contributed by atoms with Gasteiger partial charge in [0.25, 0.3) is 0 Å². The van der Waals surface area contributed by atoms with Gasteiger partial charge in [-0.15, -0.1) is 0 Å². The van der Waals surface area contributed by atoms with E-state index in [4.69, 9.17) is 10.00 Å². The molecule has 0 bridgehead atoms. The summed E-state index contributed by atoms with van der Waals surface area (Å²) in [7, 11) is 0. The molecule has 2 rings (SSSR count). The largest absolute Gasteiger partial charge is 0.479 e. The number of halogens is 6. The molecule has 11 heteroatoms. The van der Waals surface area contributed by atoms with E-state index in [9.17, 15) is 26.3 Å². The van der Waals surface area contributed by atoms with Gasteiger partial charge in [-0.3, -0.25) is 5.43 Å². The maximum atomic E-state index is 13.1. The first-order valence-corrected chi connectivity index (χ1v) is 7.65. The van der Waals surface area contributed by atoms with Gasteiger partial charge in [-0.25, -0.2) is 4.99 Å². The van der Waals surface area contributed by atoms with Crippen molar-refractivity contribution in [1.29, 1.82) is 5.26 Å². The Morgan fingerprint density at radius 2 is 1.96 bits per heavy atom. The van der Waals surface area contributed by atoms with Crippen LogP contribution in [0.5, 0.6) is 0 Å². The van der Waals surface area contributed by atoms with E-state index in [0.717, 1.165) is 12.1 Å². The average Bonchev–Trinajstić information content (AvgIpc) is 2.97. The van der Waals surface area contributed by atoms with Gasteiger partial charge in [0.1, 0.15) is 11.3 Å². The smallest absolute Gasteiger partial charge is 0.431 e. The summed E-state index contributed by atoms with van der Waals surface area (Å²) >= 11 is 0. The van der Waals surface area contributed by atoms with Crippen LogP contribution in [0.4, 0.5) is 32.0 Å². The molecule has 1 aliphatic heterocycles. The van der Waals surface area contributed by atoms with Crippen molar-refractivity contribution in [3.63, 3.8) is 0 Å². The Labute approximate surface area is 150 Å². The predicted octanol–water partition coefficient (Wildman–Crippen LogP) is 4.31. The van der Waals surface area contributed by atoms with Crippen LogP contribution in [0.15, 0.2) is 28.3 Å². The van der Waals surface area contributed by atoms with Gasteiger partial charge in [-0.2, -0.15) is 36.7 Å². The fraction of sp³-hybridized carbons (Fsp3) is 0.438. The van der Waals surface area contributed by atoms with Gasteiger partial charge >= 0.3 is 12.4 Å². The van der Waals surface area contributed by atoms with Crippen LogP contribution in [0.25, 0.3) is 0 Å². The first-order chi connectivity index (χ1) is 12.4. The molecular formula is C16H14F6N4O. The summed E-state index contributed by atoms with van der Waals surface area (Å²) in [4.78, 5) is 3.95. The van der Waals surface area contributed by atoms with Gasteiger partial charge in [-0.1, -0.05) is 0 Å². The molecule has 1 aliphatic rings. The number of rotatable bonds is 3. The number of nitrogens with zero attached hydrogens (tertiary/aromatic N) is 3. The quantitative estimate of drug-likeness (QED) is 0.473. The lowest BCUT2D eigenvalue weighted by Gasteiger charge is -2.25. The molecule has 1 aromatic rings. The highest BCUT2D eigenvalue weighted by Gasteiger charge is 2.48. The third-order valence-electron chi connectivity index (χ3n) is 3.70. The van der Waals surface area contributed by atoms with E-state index in [1.54, 1.807) is 6.92 Å². The van der Waals surface area contributed by atoms with Crippen molar-refractivity contribution in [2.45, 2.75) is 38.2 Å². The van der Waals surface area contributed by atoms with Crippen molar-refractivity contribution in [2.24, 2.45) is 10.1 Å². The lowest BCUT2D eigenvalue weighted by molar-refractivity contribution is -0.137. The topological polar surface area (TPSA) is 69.8 Å². The second-order valence-corrected chi connectivity index (χ2v) is 5.87. The van der Waals surface area contributed by atoms with Gasteiger partial charge < -0.3 is 4.74 Å². The summed E-state index contributed by atoms with van der Waals surface area (Å²) in [6.45, 7) is 2.93. The number of hydrogen-bond donors (Lipinski definition) is 1. The van der Waals surface area contributed by atoms with Gasteiger partial charge in [0.15, 0.2) is 0 Å². The van der Waals surface area contributed by atoms with Crippen LogP contribution in [-0.4, -0.2) is 29.9 Å². The lowest BCUT2D eigenvalue weighted by Crippen LogP contribution is -2.46. The summed E-state index contributed by atoms with van der Waals surface area (Å²) < 4.78 is 83.0. The SMILES string of the molecule is CCOC(=Nc1ccc(C#N)c(C(F)(F)F)c1)[C@]1(C)CC(C(F)(F)F)=NN1. The van der Waals surface area contributed by atoms with E-state index >= 15 is 0 Å². The molecule has 0 aliphatic carbocycles. The van der Waals surface area contributed by atoms with Crippen molar-refractivity contribution < 1.29 is 31.1 Å². The van der Waals surface area contributed by atoms with E-state index in [1.807, 2.05) is 0 Å². The van der Waals surface area contributed by atoms with Crippen LogP contribution in [-0.2, 0) is 10.9 Å². The molecule has 27 heavy (non-hydrogen) atoms. The highest BCUT2D eigenvalue weighted by atomic mass is 19.4. The molecule has 0 spiro atoms. The Balaban J connectivity index is 2.44. The summed E-state index contributed by atoms with van der Waals surface area (Å²) in [5, 5.41) is 12.1. The molecule has 0 amide bonds. The Morgan fingerprint density at radius 3 is 2.44 bits per heavy atom. The Morgan fingerprint density at radius 1 is 1.30 bits per heavy atom. The molecule has 1 aromatic carbocycles. The molecule has 146 valence electrons. The van der Waals surface area contributed by atoms with Crippen LogP contribution in [0, 0.1) is 11.3 Å². The number of nitriles is 1. The van der Waals surface area contributed by atoms with E-state index < -0.39 is 41.2 Å². The molecule has 1 heterocycles. The first-order valence-electron chi connectivity index (χ1n) is 7.65. The van der Waals surface area contributed by atoms with Crippen molar-refractivity contribution >= 4 is 17.3 Å². The lowest BCUT2D eigenvalue weighted by atomic mass is 9.96. The van der Waals surface area contributed by atoms with Crippen molar-refractivity contribution in [2.75, 3.05) is 6.61 Å². The molecule has 0 aromatic heterocycles. The zero-order valence-corrected chi connectivity index (χ0v) is 14.2. The molecule has 0 fully saturated rings. The van der Waals surface area contributed by atoms with E-state index in [-0.39, 0.29) is 18.2 Å². The van der Waals surface area contributed by atoms with Gasteiger partial charge in [0.05, 0.1) is 29.5 Å². The van der Waals surface area contributed by atoms with Crippen molar-refractivity contribution in [3.8, 4) is 6.07 Å². The zero-order valence-electron chi connectivity index (χ0n) is 14.2. The summed E-state index contributed by atoms with van der Waals surface area (Å²) in [5.41, 5.74) is -2.26. The number of hydrazone groups is 1. The molecule has 5 nitrogen and oxygen atoms in total. The number of alkyl halides is 6. The van der Waals surface area contributed by atoms with Gasteiger partial charge in [-0.05, 0) is 32.0 Å². The monoisotopic (exact) mass is 392 g/mol. The number of hydrogen-bond acceptors (Lipinski definition) is 5. The third-order valence-corrected chi connectivity index (χ3v) is 3.70. The Hall–Kier alpha value is -2.77. The predicted molar refractivity (Wildman–Crippen MR) is 84.5 cm³/mol. The maximum Gasteiger partial charge on any atom is 0.431 e. The maximum absolute atomic E-state index is 13.1. The molecular weight excluding hydrogens is 378 g/mol. The highest BCUT2D eigenvalue weighted by molar-refractivity contribution is 6.00. The fourth-order valence-electron chi connectivity index (χ4n) is 2.39. The summed E-state index contributed by atoms with van der Waals surface area (Å²) in [5.74, 6) is -0.245. The minimum atomic E-state index is -4.79. The van der Waals surface area contributed by atoms with E-state index in [1.165, 1.54) is 13.0 Å². The van der Waals surface area contributed by atoms with Crippen LogP contribution in [0.2, 0.25) is 0 Å². The molecule has 1 N–H and O–H groups in total. The van der Waals surface area contributed by atoms with Crippen LogP contribution < -0.4 is 5.43 Å². The molecule has 1 atom stereocenters. The van der Waals surface area contributed by atoms with Gasteiger partial charge in [0, 0.05) is 6.42 Å². The summed E-state index contributed by atoms with van der Waals surface area (Å²) in [6, 6.07) is 4.16. The molecule has 0 radical (unpaired) electrons. The third kappa shape index (κ3) is 4.50. The van der Waals surface area contributed by atoms with Crippen LogP contribution in [0.3, 0.4) is 0 Å². The van der Waals surface area contributed by atoms with Crippen molar-refractivity contribution in [1.82, 2.24) is 5.43 Å². The minimum Gasteiger partial charge on any atom is -0.479 e. The second-order valence-electron chi connectivity index (χ2n) is 5.87. The zero-order chi connectivity index (χ0) is 20.5. The minimum absolute atomic E-state index is 0.0276. The van der Waals surface area contributed by atoms with Crippen molar-refractivity contribution in [3.05, 3.63) is 29.3 Å². The van der Waals surface area contributed by atoms with Crippen LogP contribution in [0.1, 0.15) is 31.4 Å². The second kappa shape index (κ2) is 7.09. The van der Waals surface area contributed by atoms with E-state index in [0.29, 0.717) is 6.07 Å². The molecule has 0 unspecified atom stereocenters. The highest BCUT2D eigenvalue weighted by Crippen LogP contribution is 2.35. The number of ether oxygens (including phenoxy) is 1. The number of nitrogens with one attached hydrogen (secondary N) is 1.